The molecule has 186 valence electrons. The van der Waals surface area contributed by atoms with Crippen LogP contribution in [0.1, 0.15) is 85.3 Å². The van der Waals surface area contributed by atoms with Gasteiger partial charge < -0.3 is 18.8 Å². The molecule has 6 nitrogen and oxygen atoms in total. The van der Waals surface area contributed by atoms with Crippen LogP contribution in [-0.2, 0) is 0 Å². The first-order chi connectivity index (χ1) is 16.9. The molecule has 1 unspecified atom stereocenters. The van der Waals surface area contributed by atoms with Crippen LogP contribution in [0, 0.1) is 13.8 Å². The molecule has 1 aliphatic heterocycles. The summed E-state index contributed by atoms with van der Waals surface area (Å²) in [4.78, 5) is 29.2. The smallest absolute Gasteiger partial charge is 0.290 e. The molecule has 1 aromatic heterocycles. The van der Waals surface area contributed by atoms with Crippen molar-refractivity contribution in [2.75, 3.05) is 19.8 Å². The molecule has 0 spiro atoms. The molecule has 0 saturated carbocycles. The minimum absolute atomic E-state index is 0.145. The zero-order valence-corrected chi connectivity index (χ0v) is 21.4. The maximum Gasteiger partial charge on any atom is 0.290 e. The number of hydrogen-bond donors (Lipinski definition) is 0. The van der Waals surface area contributed by atoms with Crippen LogP contribution >= 0.6 is 0 Å². The van der Waals surface area contributed by atoms with E-state index in [2.05, 4.69) is 13.8 Å². The fourth-order valence-electron chi connectivity index (χ4n) is 4.88. The molecule has 0 bridgehead atoms. The lowest BCUT2D eigenvalue weighted by molar-refractivity contribution is 0.0724. The highest BCUT2D eigenvalue weighted by molar-refractivity contribution is 5.99. The SMILES string of the molecule is CCCCCN1C(=O)c2oc3c(C)cc(C)cc3c(=O)c2C1c1ccc(OCCC)c(OCC)c1. The standard InChI is InChI=1S/C29H35NO5/c1-6-9-10-13-30-25(20-11-12-22(34-14-7-2)23(17-20)33-8-3)24-26(31)21-16-18(4)15-19(5)27(21)35-28(24)29(30)32/h11-12,15-17,25H,6-10,13-14H2,1-5H3. The van der Waals surface area contributed by atoms with E-state index in [0.29, 0.717) is 47.8 Å². The van der Waals surface area contributed by atoms with Crippen molar-refractivity contribution >= 4 is 16.9 Å². The average Bonchev–Trinajstić information content (AvgIpc) is 3.11. The number of benzene rings is 2. The van der Waals surface area contributed by atoms with Crippen LogP contribution in [-0.4, -0.2) is 30.6 Å². The van der Waals surface area contributed by atoms with Gasteiger partial charge >= 0.3 is 0 Å². The van der Waals surface area contributed by atoms with Crippen molar-refractivity contribution in [3.05, 3.63) is 68.6 Å². The van der Waals surface area contributed by atoms with Gasteiger partial charge in [0, 0.05) is 6.54 Å². The first kappa shape index (κ1) is 24.8. The molecule has 0 N–H and O–H groups in total. The highest BCUT2D eigenvalue weighted by Crippen LogP contribution is 2.41. The van der Waals surface area contributed by atoms with Crippen molar-refractivity contribution in [3.63, 3.8) is 0 Å². The van der Waals surface area contributed by atoms with Gasteiger partial charge in [0.25, 0.3) is 5.91 Å². The molecule has 35 heavy (non-hydrogen) atoms. The molecule has 6 heteroatoms. The van der Waals surface area contributed by atoms with Crippen LogP contribution in [0.4, 0.5) is 0 Å². The molecular formula is C29H35NO5. The summed E-state index contributed by atoms with van der Waals surface area (Å²) in [5.41, 5.74) is 3.41. The number of ether oxygens (including phenoxy) is 2. The van der Waals surface area contributed by atoms with Gasteiger partial charge in [-0.2, -0.15) is 0 Å². The van der Waals surface area contributed by atoms with E-state index < -0.39 is 6.04 Å². The van der Waals surface area contributed by atoms with Crippen molar-refractivity contribution in [2.24, 2.45) is 0 Å². The van der Waals surface area contributed by atoms with Crippen molar-refractivity contribution in [1.82, 2.24) is 4.90 Å². The predicted molar refractivity (Wildman–Crippen MR) is 138 cm³/mol. The van der Waals surface area contributed by atoms with Crippen LogP contribution < -0.4 is 14.9 Å². The minimum Gasteiger partial charge on any atom is -0.490 e. The van der Waals surface area contributed by atoms with Gasteiger partial charge in [-0.25, -0.2) is 0 Å². The van der Waals surface area contributed by atoms with E-state index in [1.807, 2.05) is 51.1 Å². The van der Waals surface area contributed by atoms with Gasteiger partial charge in [0.05, 0.1) is 30.2 Å². The van der Waals surface area contributed by atoms with Crippen molar-refractivity contribution in [1.29, 1.82) is 0 Å². The largest absolute Gasteiger partial charge is 0.490 e. The fraction of sp³-hybridized carbons (Fsp3) is 0.448. The molecular weight excluding hydrogens is 442 g/mol. The summed E-state index contributed by atoms with van der Waals surface area (Å²) in [6.07, 6.45) is 3.78. The van der Waals surface area contributed by atoms with Crippen LogP contribution in [0.25, 0.3) is 11.0 Å². The van der Waals surface area contributed by atoms with Gasteiger partial charge in [0.2, 0.25) is 5.76 Å². The number of rotatable bonds is 10. The van der Waals surface area contributed by atoms with Gasteiger partial charge in [-0.3, -0.25) is 9.59 Å². The molecule has 0 fully saturated rings. The summed E-state index contributed by atoms with van der Waals surface area (Å²) in [7, 11) is 0. The average molecular weight is 478 g/mol. The second kappa shape index (κ2) is 10.5. The maximum atomic E-state index is 13.9. The molecule has 1 amide bonds. The lowest BCUT2D eigenvalue weighted by Gasteiger charge is -2.26. The fourth-order valence-corrected chi connectivity index (χ4v) is 4.88. The molecule has 1 aliphatic rings. The monoisotopic (exact) mass is 477 g/mol. The third-order valence-electron chi connectivity index (χ3n) is 6.44. The second-order valence-electron chi connectivity index (χ2n) is 9.23. The Morgan fingerprint density at radius 2 is 1.74 bits per heavy atom. The number of hydrogen-bond acceptors (Lipinski definition) is 5. The zero-order valence-electron chi connectivity index (χ0n) is 21.4. The van der Waals surface area contributed by atoms with Gasteiger partial charge in [-0.15, -0.1) is 0 Å². The van der Waals surface area contributed by atoms with Crippen LogP contribution in [0.2, 0.25) is 0 Å². The molecule has 3 aromatic rings. The van der Waals surface area contributed by atoms with E-state index in [9.17, 15) is 9.59 Å². The normalized spacial score (nSPS) is 15.1. The molecule has 0 radical (unpaired) electrons. The number of fused-ring (bicyclic) bond motifs is 2. The third kappa shape index (κ3) is 4.66. The molecule has 0 saturated heterocycles. The topological polar surface area (TPSA) is 69.0 Å². The number of nitrogens with zero attached hydrogens (tertiary/aromatic N) is 1. The summed E-state index contributed by atoms with van der Waals surface area (Å²) in [6.45, 7) is 11.6. The van der Waals surface area contributed by atoms with Gasteiger partial charge in [0.1, 0.15) is 5.58 Å². The van der Waals surface area contributed by atoms with Crippen LogP contribution in [0.5, 0.6) is 11.5 Å². The Kier molecular flexibility index (Phi) is 7.48. The maximum absolute atomic E-state index is 13.9. The Morgan fingerprint density at radius 3 is 2.46 bits per heavy atom. The van der Waals surface area contributed by atoms with Crippen LogP contribution in [0.15, 0.2) is 39.5 Å². The highest BCUT2D eigenvalue weighted by Gasteiger charge is 2.42. The number of amides is 1. The van der Waals surface area contributed by atoms with Crippen molar-refractivity contribution < 1.29 is 18.7 Å². The highest BCUT2D eigenvalue weighted by atomic mass is 16.5. The Morgan fingerprint density at radius 1 is 0.943 bits per heavy atom. The number of carbonyl (C=O) groups excluding carboxylic acids is 1. The minimum atomic E-state index is -0.532. The predicted octanol–water partition coefficient (Wildman–Crippen LogP) is 6.33. The lowest BCUT2D eigenvalue weighted by Crippen LogP contribution is -2.30. The first-order valence-corrected chi connectivity index (χ1v) is 12.7. The lowest BCUT2D eigenvalue weighted by atomic mass is 9.97. The Bertz CT molecular complexity index is 1290. The Hall–Kier alpha value is -3.28. The van der Waals surface area contributed by atoms with Gasteiger partial charge in [0.15, 0.2) is 16.9 Å². The summed E-state index contributed by atoms with van der Waals surface area (Å²) in [5.74, 6) is 1.20. The van der Waals surface area contributed by atoms with E-state index in [0.717, 1.165) is 42.4 Å². The molecule has 1 atom stereocenters. The Balaban J connectivity index is 1.90. The quantitative estimate of drug-likeness (QED) is 0.319. The van der Waals surface area contributed by atoms with E-state index in [1.54, 1.807) is 4.90 Å². The number of aryl methyl sites for hydroxylation is 2. The summed E-state index contributed by atoms with van der Waals surface area (Å²) < 4.78 is 17.9. The Labute approximate surface area is 206 Å². The molecule has 2 aromatic carbocycles. The van der Waals surface area contributed by atoms with E-state index >= 15 is 0 Å². The van der Waals surface area contributed by atoms with E-state index in [-0.39, 0.29) is 17.1 Å². The second-order valence-corrected chi connectivity index (χ2v) is 9.23. The molecule has 0 aliphatic carbocycles. The van der Waals surface area contributed by atoms with E-state index in [4.69, 9.17) is 13.9 Å². The number of carbonyl (C=O) groups is 1. The van der Waals surface area contributed by atoms with Gasteiger partial charge in [-0.1, -0.05) is 38.8 Å². The van der Waals surface area contributed by atoms with Crippen molar-refractivity contribution in [3.8, 4) is 11.5 Å². The van der Waals surface area contributed by atoms with E-state index in [1.165, 1.54) is 0 Å². The first-order valence-electron chi connectivity index (χ1n) is 12.7. The number of unbranched alkanes of at least 4 members (excludes halogenated alkanes) is 2. The molecule has 4 rings (SSSR count). The third-order valence-corrected chi connectivity index (χ3v) is 6.44. The van der Waals surface area contributed by atoms with Crippen molar-refractivity contribution in [2.45, 2.75) is 66.3 Å². The summed E-state index contributed by atoms with van der Waals surface area (Å²) in [6, 6.07) is 8.99. The molecule has 2 heterocycles. The summed E-state index contributed by atoms with van der Waals surface area (Å²) >= 11 is 0. The summed E-state index contributed by atoms with van der Waals surface area (Å²) in [5, 5.41) is 0.516. The van der Waals surface area contributed by atoms with Gasteiger partial charge in [-0.05, 0) is 68.5 Å². The zero-order chi connectivity index (χ0) is 25.1. The van der Waals surface area contributed by atoms with Crippen LogP contribution in [0.3, 0.4) is 0 Å².